The Labute approximate surface area is 287 Å². The monoisotopic (exact) mass is 641 g/mol. The highest BCUT2D eigenvalue weighted by molar-refractivity contribution is 6.14. The Bertz CT molecular complexity index is 2710. The summed E-state index contributed by atoms with van der Waals surface area (Å²) in [6, 6.07) is 55.5. The largest absolute Gasteiger partial charge is 0.456 e. The average Bonchev–Trinajstić information content (AvgIpc) is 3.77. The molecule has 0 aliphatic heterocycles. The van der Waals surface area contributed by atoms with Crippen LogP contribution in [0, 0.1) is 0 Å². The van der Waals surface area contributed by atoms with Gasteiger partial charge >= 0.3 is 0 Å². The van der Waals surface area contributed by atoms with Crippen LogP contribution in [0.15, 0.2) is 173 Å². The molecule has 3 aromatic heterocycles. The molecule has 5 nitrogen and oxygen atoms in total. The van der Waals surface area contributed by atoms with Crippen molar-refractivity contribution in [3.63, 3.8) is 0 Å². The van der Waals surface area contributed by atoms with E-state index in [4.69, 9.17) is 23.8 Å². The van der Waals surface area contributed by atoms with Crippen LogP contribution in [0.4, 0.5) is 0 Å². The summed E-state index contributed by atoms with van der Waals surface area (Å²) in [7, 11) is 0. The van der Waals surface area contributed by atoms with E-state index in [0.29, 0.717) is 17.5 Å². The van der Waals surface area contributed by atoms with Gasteiger partial charge in [0.05, 0.1) is 0 Å². The zero-order valence-electron chi connectivity index (χ0n) is 26.7. The van der Waals surface area contributed by atoms with E-state index in [0.717, 1.165) is 82.8 Å². The minimum atomic E-state index is 0.594. The van der Waals surface area contributed by atoms with Crippen molar-refractivity contribution in [3.8, 4) is 56.4 Å². The Morgan fingerprint density at radius 1 is 0.280 bits per heavy atom. The minimum Gasteiger partial charge on any atom is -0.456 e. The molecule has 0 radical (unpaired) electrons. The molecule has 10 rings (SSSR count). The van der Waals surface area contributed by atoms with Gasteiger partial charge in [-0.05, 0) is 46.5 Å². The fraction of sp³-hybridized carbons (Fsp3) is 0. The molecule has 0 saturated carbocycles. The number of hydrogen-bond donors (Lipinski definition) is 0. The topological polar surface area (TPSA) is 65.0 Å². The number of benzene rings is 7. The number of rotatable bonds is 5. The van der Waals surface area contributed by atoms with Crippen molar-refractivity contribution in [2.24, 2.45) is 0 Å². The SMILES string of the molecule is c1ccc(-c2nc(-c3ccccc3-c3cccc4oc5ccccc5c34)nc(-c3ccccc3-c3cccc4oc5ccccc5c34)n2)cc1. The van der Waals surface area contributed by atoms with E-state index in [1.807, 2.05) is 91.0 Å². The molecule has 0 atom stereocenters. The molecular weight excluding hydrogens is 615 g/mol. The number of furan rings is 2. The lowest BCUT2D eigenvalue weighted by atomic mass is 9.94. The quantitative estimate of drug-likeness (QED) is 0.187. The summed E-state index contributed by atoms with van der Waals surface area (Å²) >= 11 is 0. The first-order valence-corrected chi connectivity index (χ1v) is 16.6. The Kier molecular flexibility index (Phi) is 6.42. The normalized spacial score (nSPS) is 11.6. The summed E-state index contributed by atoms with van der Waals surface area (Å²) < 4.78 is 12.5. The molecule has 5 heteroatoms. The van der Waals surface area contributed by atoms with Gasteiger partial charge < -0.3 is 8.83 Å². The van der Waals surface area contributed by atoms with Crippen LogP contribution >= 0.6 is 0 Å². The Morgan fingerprint density at radius 3 is 1.18 bits per heavy atom. The molecule has 0 amide bonds. The highest BCUT2D eigenvalue weighted by Gasteiger charge is 2.21. The Morgan fingerprint density at radius 2 is 0.660 bits per heavy atom. The van der Waals surface area contributed by atoms with E-state index < -0.39 is 0 Å². The first kappa shape index (κ1) is 28.2. The van der Waals surface area contributed by atoms with Gasteiger partial charge in [0.1, 0.15) is 22.3 Å². The third kappa shape index (κ3) is 4.52. The van der Waals surface area contributed by atoms with Crippen LogP contribution in [-0.4, -0.2) is 15.0 Å². The maximum atomic E-state index is 6.27. The molecular formula is C45H27N3O2. The van der Waals surface area contributed by atoms with Crippen molar-refractivity contribution < 1.29 is 8.83 Å². The van der Waals surface area contributed by atoms with Crippen LogP contribution in [0.5, 0.6) is 0 Å². The van der Waals surface area contributed by atoms with Gasteiger partial charge in [-0.25, -0.2) is 15.0 Å². The van der Waals surface area contributed by atoms with Crippen molar-refractivity contribution in [2.45, 2.75) is 0 Å². The van der Waals surface area contributed by atoms with E-state index in [-0.39, 0.29) is 0 Å². The zero-order valence-corrected chi connectivity index (χ0v) is 26.7. The zero-order chi connectivity index (χ0) is 33.0. The molecule has 50 heavy (non-hydrogen) atoms. The molecule has 10 aromatic rings. The second-order valence-corrected chi connectivity index (χ2v) is 12.3. The number of fused-ring (bicyclic) bond motifs is 6. The minimum absolute atomic E-state index is 0.594. The maximum absolute atomic E-state index is 6.27. The summed E-state index contributed by atoms with van der Waals surface area (Å²) in [4.78, 5) is 15.5. The number of para-hydroxylation sites is 2. The van der Waals surface area contributed by atoms with Crippen molar-refractivity contribution in [1.29, 1.82) is 0 Å². The molecule has 234 valence electrons. The molecule has 0 N–H and O–H groups in total. The number of nitrogens with zero attached hydrogens (tertiary/aromatic N) is 3. The number of aromatic nitrogens is 3. The van der Waals surface area contributed by atoms with Crippen LogP contribution in [0.1, 0.15) is 0 Å². The van der Waals surface area contributed by atoms with Gasteiger partial charge in [0, 0.05) is 38.2 Å². The maximum Gasteiger partial charge on any atom is 0.164 e. The molecule has 0 saturated heterocycles. The van der Waals surface area contributed by atoms with Crippen LogP contribution < -0.4 is 0 Å². The van der Waals surface area contributed by atoms with Crippen LogP contribution in [-0.2, 0) is 0 Å². The molecule has 0 fully saturated rings. The van der Waals surface area contributed by atoms with Gasteiger partial charge in [-0.15, -0.1) is 0 Å². The molecule has 0 aliphatic rings. The van der Waals surface area contributed by atoms with Crippen molar-refractivity contribution in [1.82, 2.24) is 15.0 Å². The second kappa shape index (κ2) is 11.4. The van der Waals surface area contributed by atoms with Gasteiger partial charge in [0.25, 0.3) is 0 Å². The molecule has 0 bridgehead atoms. The first-order chi connectivity index (χ1) is 24.8. The lowest BCUT2D eigenvalue weighted by Crippen LogP contribution is -2.02. The lowest BCUT2D eigenvalue weighted by molar-refractivity contribution is 0.668. The van der Waals surface area contributed by atoms with Crippen molar-refractivity contribution >= 4 is 43.9 Å². The van der Waals surface area contributed by atoms with Gasteiger partial charge in [-0.2, -0.15) is 0 Å². The number of hydrogen-bond acceptors (Lipinski definition) is 5. The van der Waals surface area contributed by atoms with E-state index in [2.05, 4.69) is 72.8 Å². The van der Waals surface area contributed by atoms with Crippen molar-refractivity contribution in [2.75, 3.05) is 0 Å². The van der Waals surface area contributed by atoms with E-state index in [1.54, 1.807) is 0 Å². The third-order valence-electron chi connectivity index (χ3n) is 9.39. The third-order valence-corrected chi connectivity index (χ3v) is 9.39. The summed E-state index contributed by atoms with van der Waals surface area (Å²) in [5.41, 5.74) is 10.3. The second-order valence-electron chi connectivity index (χ2n) is 12.3. The average molecular weight is 642 g/mol. The standard InChI is InChI=1S/C45H27N3O2/c1-2-14-28(15-3-1)43-46-44(33-18-6-4-16-29(33)31-22-12-26-39-41(31)35-20-8-10-24-37(35)49-39)48-45(47-43)34-19-7-5-17-30(34)32-23-13-27-40-42(32)36-21-9-11-25-38(36)50-40/h1-27H. The fourth-order valence-corrected chi connectivity index (χ4v) is 7.16. The van der Waals surface area contributed by atoms with Crippen molar-refractivity contribution in [3.05, 3.63) is 164 Å². The van der Waals surface area contributed by atoms with Gasteiger partial charge in [0.2, 0.25) is 0 Å². The lowest BCUT2D eigenvalue weighted by Gasteiger charge is -2.14. The molecule has 0 spiro atoms. The summed E-state index contributed by atoms with van der Waals surface area (Å²) in [5.74, 6) is 1.79. The smallest absolute Gasteiger partial charge is 0.164 e. The molecule has 0 aliphatic carbocycles. The predicted molar refractivity (Wildman–Crippen MR) is 202 cm³/mol. The van der Waals surface area contributed by atoms with E-state index in [1.165, 1.54) is 0 Å². The van der Waals surface area contributed by atoms with Crippen LogP contribution in [0.3, 0.4) is 0 Å². The summed E-state index contributed by atoms with van der Waals surface area (Å²) in [5, 5.41) is 4.28. The van der Waals surface area contributed by atoms with Gasteiger partial charge in [-0.1, -0.05) is 140 Å². The fourth-order valence-electron chi connectivity index (χ4n) is 7.16. The first-order valence-electron chi connectivity index (χ1n) is 16.6. The highest BCUT2D eigenvalue weighted by Crippen LogP contribution is 2.42. The summed E-state index contributed by atoms with van der Waals surface area (Å²) in [6.07, 6.45) is 0. The van der Waals surface area contributed by atoms with Crippen LogP contribution in [0.2, 0.25) is 0 Å². The van der Waals surface area contributed by atoms with Crippen LogP contribution in [0.25, 0.3) is 100 Å². The van der Waals surface area contributed by atoms with E-state index in [9.17, 15) is 0 Å². The predicted octanol–water partition coefficient (Wildman–Crippen LogP) is 12.0. The Balaban J connectivity index is 1.22. The van der Waals surface area contributed by atoms with Gasteiger partial charge in [0.15, 0.2) is 17.5 Å². The Hall–Kier alpha value is -6.85. The molecule has 7 aromatic carbocycles. The highest BCUT2D eigenvalue weighted by atomic mass is 16.3. The van der Waals surface area contributed by atoms with Gasteiger partial charge in [-0.3, -0.25) is 0 Å². The van der Waals surface area contributed by atoms with E-state index >= 15 is 0 Å². The molecule has 0 unspecified atom stereocenters. The summed E-state index contributed by atoms with van der Waals surface area (Å²) in [6.45, 7) is 0. The molecule has 3 heterocycles.